The van der Waals surface area contributed by atoms with E-state index in [2.05, 4.69) is 0 Å². The molecule has 4 heteroatoms. The molecular weight excluding hydrogens is 268 g/mol. The zero-order chi connectivity index (χ0) is 15.5. The van der Waals surface area contributed by atoms with E-state index in [0.717, 1.165) is 5.56 Å². The van der Waals surface area contributed by atoms with Gasteiger partial charge in [-0.1, -0.05) is 55.5 Å². The molecule has 0 aromatic heterocycles. The summed E-state index contributed by atoms with van der Waals surface area (Å²) in [6, 6.07) is 18.6. The molecule has 0 saturated heterocycles. The van der Waals surface area contributed by atoms with Crippen LogP contribution < -0.4 is 0 Å². The molecule has 21 heavy (non-hydrogen) atoms. The maximum Gasteiger partial charge on any atom is 0.338 e. The first kappa shape index (κ1) is 16.4. The van der Waals surface area contributed by atoms with Crippen molar-refractivity contribution in [1.82, 2.24) is 0 Å². The minimum Gasteiger partial charge on any atom is -0.481 e. The molecule has 1 N–H and O–H groups in total. The fourth-order valence-electron chi connectivity index (χ4n) is 1.38. The van der Waals surface area contributed by atoms with Crippen LogP contribution in [0.2, 0.25) is 0 Å². The molecule has 0 bridgehead atoms. The van der Waals surface area contributed by atoms with E-state index in [4.69, 9.17) is 9.84 Å². The van der Waals surface area contributed by atoms with E-state index in [0.29, 0.717) is 12.2 Å². The molecule has 110 valence electrons. The van der Waals surface area contributed by atoms with Gasteiger partial charge in [-0.3, -0.25) is 4.79 Å². The zero-order valence-corrected chi connectivity index (χ0v) is 11.9. The summed E-state index contributed by atoms with van der Waals surface area (Å²) in [5.41, 5.74) is 1.57. The van der Waals surface area contributed by atoms with Crippen molar-refractivity contribution in [2.45, 2.75) is 20.0 Å². The van der Waals surface area contributed by atoms with E-state index < -0.39 is 5.97 Å². The van der Waals surface area contributed by atoms with Crippen LogP contribution in [0.4, 0.5) is 0 Å². The van der Waals surface area contributed by atoms with E-state index in [1.165, 1.54) is 0 Å². The lowest BCUT2D eigenvalue weighted by atomic mass is 10.2. The Labute approximate surface area is 124 Å². The average Bonchev–Trinajstić information content (AvgIpc) is 2.55. The fourth-order valence-corrected chi connectivity index (χ4v) is 1.38. The summed E-state index contributed by atoms with van der Waals surface area (Å²) in [4.78, 5) is 21.0. The number of ether oxygens (including phenoxy) is 1. The Balaban J connectivity index is 0.000000383. The normalized spacial score (nSPS) is 9.19. The quantitative estimate of drug-likeness (QED) is 0.873. The number of carbonyl (C=O) groups is 2. The number of esters is 1. The second-order valence-corrected chi connectivity index (χ2v) is 4.18. The summed E-state index contributed by atoms with van der Waals surface area (Å²) in [5.74, 6) is -1.03. The maximum atomic E-state index is 11.6. The fraction of sp³-hybridized carbons (Fsp3) is 0.176. The molecule has 2 aromatic carbocycles. The predicted molar refractivity (Wildman–Crippen MR) is 79.9 cm³/mol. The Morgan fingerprint density at radius 3 is 1.90 bits per heavy atom. The highest BCUT2D eigenvalue weighted by Gasteiger charge is 2.05. The Hall–Kier alpha value is -2.62. The third-order valence-corrected chi connectivity index (χ3v) is 2.52. The molecule has 0 heterocycles. The van der Waals surface area contributed by atoms with Crippen molar-refractivity contribution in [3.63, 3.8) is 0 Å². The van der Waals surface area contributed by atoms with Crippen molar-refractivity contribution >= 4 is 11.9 Å². The molecule has 0 amide bonds. The molecule has 0 unspecified atom stereocenters. The van der Waals surface area contributed by atoms with Crippen molar-refractivity contribution < 1.29 is 19.4 Å². The van der Waals surface area contributed by atoms with E-state index in [1.807, 2.05) is 48.5 Å². The molecule has 0 aliphatic heterocycles. The molecule has 0 aliphatic carbocycles. The van der Waals surface area contributed by atoms with E-state index >= 15 is 0 Å². The number of benzene rings is 2. The van der Waals surface area contributed by atoms with Crippen LogP contribution in [0.3, 0.4) is 0 Å². The van der Waals surface area contributed by atoms with Gasteiger partial charge >= 0.3 is 11.9 Å². The highest BCUT2D eigenvalue weighted by atomic mass is 16.5. The number of carboxylic acids is 1. The van der Waals surface area contributed by atoms with E-state index in [-0.39, 0.29) is 12.4 Å². The lowest BCUT2D eigenvalue weighted by Gasteiger charge is -2.04. The first-order valence-corrected chi connectivity index (χ1v) is 6.61. The second-order valence-electron chi connectivity index (χ2n) is 4.18. The van der Waals surface area contributed by atoms with Crippen LogP contribution in [0.1, 0.15) is 29.3 Å². The zero-order valence-electron chi connectivity index (χ0n) is 11.9. The summed E-state index contributed by atoms with van der Waals surface area (Å²) in [6.07, 6.45) is 0.222. The molecule has 2 aromatic rings. The van der Waals surface area contributed by atoms with E-state index in [1.54, 1.807) is 19.1 Å². The first-order valence-electron chi connectivity index (χ1n) is 6.61. The third-order valence-electron chi connectivity index (χ3n) is 2.52. The van der Waals surface area contributed by atoms with Crippen LogP contribution in [0.5, 0.6) is 0 Å². The molecule has 0 fully saturated rings. The highest BCUT2D eigenvalue weighted by molar-refractivity contribution is 5.89. The van der Waals surface area contributed by atoms with Gasteiger partial charge in [-0.25, -0.2) is 4.79 Å². The topological polar surface area (TPSA) is 63.6 Å². The van der Waals surface area contributed by atoms with Crippen LogP contribution in [0, 0.1) is 0 Å². The number of rotatable bonds is 4. The molecular formula is C17H18O4. The Bertz CT molecular complexity index is 550. The number of hydrogen-bond acceptors (Lipinski definition) is 3. The van der Waals surface area contributed by atoms with Crippen molar-refractivity contribution in [2.24, 2.45) is 0 Å². The highest BCUT2D eigenvalue weighted by Crippen LogP contribution is 2.05. The Morgan fingerprint density at radius 2 is 1.43 bits per heavy atom. The monoisotopic (exact) mass is 286 g/mol. The first-order chi connectivity index (χ1) is 10.1. The summed E-state index contributed by atoms with van der Waals surface area (Å²) >= 11 is 0. The van der Waals surface area contributed by atoms with Gasteiger partial charge in [-0.05, 0) is 17.7 Å². The molecule has 0 radical (unpaired) electrons. The summed E-state index contributed by atoms with van der Waals surface area (Å²) in [7, 11) is 0. The number of carbonyl (C=O) groups excluding carboxylic acids is 1. The van der Waals surface area contributed by atoms with Crippen molar-refractivity contribution in [2.75, 3.05) is 0 Å². The SMILES string of the molecule is CCC(=O)O.O=C(OCc1ccccc1)c1ccccc1. The lowest BCUT2D eigenvalue weighted by molar-refractivity contribution is -0.136. The van der Waals surface area contributed by atoms with Gasteiger partial charge in [0.1, 0.15) is 6.61 Å². The van der Waals surface area contributed by atoms with Crippen LogP contribution in [0.25, 0.3) is 0 Å². The average molecular weight is 286 g/mol. The smallest absolute Gasteiger partial charge is 0.338 e. The minimum atomic E-state index is -0.745. The van der Waals surface area contributed by atoms with E-state index in [9.17, 15) is 9.59 Å². The summed E-state index contributed by atoms with van der Waals surface area (Å²) in [6.45, 7) is 1.91. The van der Waals surface area contributed by atoms with Crippen LogP contribution in [-0.2, 0) is 16.1 Å². The molecule has 0 saturated carbocycles. The van der Waals surface area contributed by atoms with Gasteiger partial charge in [0.2, 0.25) is 0 Å². The van der Waals surface area contributed by atoms with Crippen LogP contribution in [-0.4, -0.2) is 17.0 Å². The largest absolute Gasteiger partial charge is 0.481 e. The van der Waals surface area contributed by atoms with Gasteiger partial charge in [-0.15, -0.1) is 0 Å². The van der Waals surface area contributed by atoms with Gasteiger partial charge in [0.25, 0.3) is 0 Å². The number of carboxylic acid groups (broad SMARTS) is 1. The van der Waals surface area contributed by atoms with Gasteiger partial charge < -0.3 is 9.84 Å². The molecule has 2 rings (SSSR count). The molecule has 4 nitrogen and oxygen atoms in total. The van der Waals surface area contributed by atoms with Gasteiger partial charge in [-0.2, -0.15) is 0 Å². The minimum absolute atomic E-state index is 0.222. The van der Waals surface area contributed by atoms with Crippen molar-refractivity contribution in [3.05, 3.63) is 71.8 Å². The van der Waals surface area contributed by atoms with Crippen LogP contribution in [0.15, 0.2) is 60.7 Å². The summed E-state index contributed by atoms with van der Waals surface area (Å²) in [5, 5.41) is 7.72. The van der Waals surface area contributed by atoms with Crippen LogP contribution >= 0.6 is 0 Å². The predicted octanol–water partition coefficient (Wildman–Crippen LogP) is 3.52. The Morgan fingerprint density at radius 1 is 0.952 bits per heavy atom. The molecule has 0 aliphatic rings. The number of aliphatic carboxylic acids is 1. The second kappa shape index (κ2) is 9.31. The van der Waals surface area contributed by atoms with Gasteiger partial charge in [0.05, 0.1) is 5.56 Å². The molecule has 0 atom stereocenters. The van der Waals surface area contributed by atoms with Crippen molar-refractivity contribution in [3.8, 4) is 0 Å². The van der Waals surface area contributed by atoms with Gasteiger partial charge in [0, 0.05) is 6.42 Å². The van der Waals surface area contributed by atoms with Gasteiger partial charge in [0.15, 0.2) is 0 Å². The molecule has 0 spiro atoms. The Kier molecular flexibility index (Phi) is 7.29. The maximum absolute atomic E-state index is 11.6. The lowest BCUT2D eigenvalue weighted by Crippen LogP contribution is -2.04. The summed E-state index contributed by atoms with van der Waals surface area (Å²) < 4.78 is 5.18. The van der Waals surface area contributed by atoms with Crippen molar-refractivity contribution in [1.29, 1.82) is 0 Å². The standard InChI is InChI=1S/C14H12O2.C3H6O2/c15-14(13-9-5-2-6-10-13)16-11-12-7-3-1-4-8-12;1-2-3(4)5/h1-10H,11H2;2H2,1H3,(H,4,5). The third kappa shape index (κ3) is 6.92. The number of hydrogen-bond donors (Lipinski definition) is 1.